The third kappa shape index (κ3) is 5.90. The highest BCUT2D eigenvalue weighted by molar-refractivity contribution is 5.81. The largest absolute Gasteiger partial charge is 0.353 e. The van der Waals surface area contributed by atoms with Gasteiger partial charge in [-0.25, -0.2) is 0 Å². The van der Waals surface area contributed by atoms with Crippen molar-refractivity contribution in [3.05, 3.63) is 0 Å². The molecule has 1 atom stereocenters. The van der Waals surface area contributed by atoms with E-state index in [0.29, 0.717) is 13.0 Å². The number of carbonyl (C=O) groups excluding carboxylic acids is 2. The zero-order valence-electron chi connectivity index (χ0n) is 13.0. The van der Waals surface area contributed by atoms with Crippen LogP contribution in [0, 0.1) is 5.92 Å². The lowest BCUT2D eigenvalue weighted by Gasteiger charge is -2.26. The van der Waals surface area contributed by atoms with E-state index >= 15 is 0 Å². The van der Waals surface area contributed by atoms with Crippen LogP contribution in [-0.2, 0) is 9.59 Å². The Bertz CT molecular complexity index is 336. The van der Waals surface area contributed by atoms with Crippen molar-refractivity contribution in [2.24, 2.45) is 11.7 Å². The van der Waals surface area contributed by atoms with Gasteiger partial charge in [0.1, 0.15) is 0 Å². The summed E-state index contributed by atoms with van der Waals surface area (Å²) in [5.74, 6) is 0.162. The SMILES string of the molecule is CC(CC(=O)NC(C)(C)CN)NC(=O)C1CCCCC1. The zero-order chi connectivity index (χ0) is 15.2. The molecule has 20 heavy (non-hydrogen) atoms. The molecule has 0 aromatic rings. The number of nitrogens with one attached hydrogen (secondary N) is 2. The van der Waals surface area contributed by atoms with Gasteiger partial charge in [0, 0.05) is 30.5 Å². The number of amides is 2. The molecule has 1 aliphatic rings. The van der Waals surface area contributed by atoms with Gasteiger partial charge in [-0.3, -0.25) is 9.59 Å². The summed E-state index contributed by atoms with van der Waals surface area (Å²) in [7, 11) is 0. The quantitative estimate of drug-likeness (QED) is 0.687. The first kappa shape index (κ1) is 17.0. The maximum absolute atomic E-state index is 12.1. The third-order valence-electron chi connectivity index (χ3n) is 3.84. The molecule has 0 aliphatic heterocycles. The zero-order valence-corrected chi connectivity index (χ0v) is 13.0. The van der Waals surface area contributed by atoms with Gasteiger partial charge in [0.25, 0.3) is 0 Å². The first-order valence-corrected chi connectivity index (χ1v) is 7.65. The van der Waals surface area contributed by atoms with Gasteiger partial charge in [-0.15, -0.1) is 0 Å². The molecule has 5 heteroatoms. The molecule has 0 heterocycles. The molecule has 1 rings (SSSR count). The Hall–Kier alpha value is -1.10. The van der Waals surface area contributed by atoms with Crippen molar-refractivity contribution in [2.75, 3.05) is 6.54 Å². The normalized spacial score (nSPS) is 18.4. The van der Waals surface area contributed by atoms with Crippen LogP contribution < -0.4 is 16.4 Å². The van der Waals surface area contributed by atoms with Crippen molar-refractivity contribution >= 4 is 11.8 Å². The van der Waals surface area contributed by atoms with Gasteiger partial charge < -0.3 is 16.4 Å². The van der Waals surface area contributed by atoms with Crippen molar-refractivity contribution < 1.29 is 9.59 Å². The third-order valence-corrected chi connectivity index (χ3v) is 3.84. The predicted octanol–water partition coefficient (Wildman–Crippen LogP) is 1.32. The second kappa shape index (κ2) is 7.62. The van der Waals surface area contributed by atoms with Gasteiger partial charge in [0.05, 0.1) is 0 Å². The fourth-order valence-electron chi connectivity index (χ4n) is 2.53. The summed E-state index contributed by atoms with van der Waals surface area (Å²) in [5.41, 5.74) is 5.18. The minimum absolute atomic E-state index is 0.0723. The fraction of sp³-hybridized carbons (Fsp3) is 0.867. The van der Waals surface area contributed by atoms with Crippen molar-refractivity contribution in [2.45, 2.75) is 70.9 Å². The number of carbonyl (C=O) groups is 2. The van der Waals surface area contributed by atoms with Crippen LogP contribution in [0.1, 0.15) is 59.3 Å². The van der Waals surface area contributed by atoms with E-state index in [1.807, 2.05) is 20.8 Å². The molecular weight excluding hydrogens is 254 g/mol. The Balaban J connectivity index is 2.33. The molecule has 1 aliphatic carbocycles. The van der Waals surface area contributed by atoms with E-state index in [1.165, 1.54) is 6.42 Å². The van der Waals surface area contributed by atoms with Gasteiger partial charge in [-0.05, 0) is 33.6 Å². The van der Waals surface area contributed by atoms with E-state index in [9.17, 15) is 9.59 Å². The number of rotatable bonds is 6. The molecule has 0 aromatic heterocycles. The van der Waals surface area contributed by atoms with Crippen LogP contribution in [0.15, 0.2) is 0 Å². The van der Waals surface area contributed by atoms with Crippen LogP contribution in [0.4, 0.5) is 0 Å². The lowest BCUT2D eigenvalue weighted by Crippen LogP contribution is -2.50. The Morgan fingerprint density at radius 3 is 2.40 bits per heavy atom. The molecule has 5 nitrogen and oxygen atoms in total. The summed E-state index contributed by atoms with van der Waals surface area (Å²) in [6, 6.07) is -0.141. The van der Waals surface area contributed by atoms with E-state index in [4.69, 9.17) is 5.73 Å². The van der Waals surface area contributed by atoms with E-state index < -0.39 is 5.54 Å². The highest BCUT2D eigenvalue weighted by atomic mass is 16.2. The van der Waals surface area contributed by atoms with Crippen molar-refractivity contribution in [1.29, 1.82) is 0 Å². The first-order valence-electron chi connectivity index (χ1n) is 7.65. The highest BCUT2D eigenvalue weighted by Gasteiger charge is 2.24. The minimum Gasteiger partial charge on any atom is -0.353 e. The molecule has 0 spiro atoms. The molecule has 0 radical (unpaired) electrons. The van der Waals surface area contributed by atoms with Gasteiger partial charge in [-0.1, -0.05) is 19.3 Å². The molecular formula is C15H29N3O2. The monoisotopic (exact) mass is 283 g/mol. The Kier molecular flexibility index (Phi) is 6.46. The smallest absolute Gasteiger partial charge is 0.223 e. The maximum Gasteiger partial charge on any atom is 0.223 e. The van der Waals surface area contributed by atoms with E-state index in [2.05, 4.69) is 10.6 Å². The topological polar surface area (TPSA) is 84.2 Å². The lowest BCUT2D eigenvalue weighted by molar-refractivity contribution is -0.127. The number of hydrogen-bond donors (Lipinski definition) is 3. The molecule has 116 valence electrons. The highest BCUT2D eigenvalue weighted by Crippen LogP contribution is 2.23. The van der Waals surface area contributed by atoms with Crippen LogP contribution in [0.5, 0.6) is 0 Å². The average molecular weight is 283 g/mol. The Morgan fingerprint density at radius 1 is 1.25 bits per heavy atom. The Labute approximate surface area is 122 Å². The molecule has 2 amide bonds. The van der Waals surface area contributed by atoms with Crippen LogP contribution >= 0.6 is 0 Å². The molecule has 4 N–H and O–H groups in total. The van der Waals surface area contributed by atoms with Crippen LogP contribution in [-0.4, -0.2) is 29.9 Å². The molecule has 0 aromatic carbocycles. The van der Waals surface area contributed by atoms with Gasteiger partial charge >= 0.3 is 0 Å². The predicted molar refractivity (Wildman–Crippen MR) is 80.1 cm³/mol. The van der Waals surface area contributed by atoms with Gasteiger partial charge in [0.15, 0.2) is 0 Å². The minimum atomic E-state index is -0.399. The van der Waals surface area contributed by atoms with Crippen LogP contribution in [0.3, 0.4) is 0 Å². The summed E-state index contributed by atoms with van der Waals surface area (Å²) in [6.45, 7) is 6.03. The lowest BCUT2D eigenvalue weighted by atomic mass is 9.88. The first-order chi connectivity index (χ1) is 9.34. The molecule has 0 bridgehead atoms. The molecule has 1 fully saturated rings. The average Bonchev–Trinajstić information content (AvgIpc) is 2.38. The Morgan fingerprint density at radius 2 is 1.85 bits per heavy atom. The summed E-state index contributed by atoms with van der Waals surface area (Å²) >= 11 is 0. The standard InChI is InChI=1S/C15H29N3O2/c1-11(9-13(19)18-15(2,3)10-16)17-14(20)12-7-5-4-6-8-12/h11-12H,4-10,16H2,1-3H3,(H,17,20)(H,18,19). The van der Waals surface area contributed by atoms with Crippen molar-refractivity contribution in [3.63, 3.8) is 0 Å². The maximum atomic E-state index is 12.1. The number of nitrogens with two attached hydrogens (primary N) is 1. The van der Waals surface area contributed by atoms with Gasteiger partial charge in [-0.2, -0.15) is 0 Å². The van der Waals surface area contributed by atoms with E-state index in [0.717, 1.165) is 25.7 Å². The van der Waals surface area contributed by atoms with E-state index in [-0.39, 0.29) is 23.8 Å². The van der Waals surface area contributed by atoms with Gasteiger partial charge in [0.2, 0.25) is 11.8 Å². The van der Waals surface area contributed by atoms with Crippen molar-refractivity contribution in [1.82, 2.24) is 10.6 Å². The number of hydrogen-bond acceptors (Lipinski definition) is 3. The van der Waals surface area contributed by atoms with Crippen LogP contribution in [0.25, 0.3) is 0 Å². The van der Waals surface area contributed by atoms with E-state index in [1.54, 1.807) is 0 Å². The second-order valence-electron chi connectivity index (χ2n) is 6.58. The summed E-state index contributed by atoms with van der Waals surface area (Å²) in [4.78, 5) is 23.9. The van der Waals surface area contributed by atoms with Crippen LogP contribution in [0.2, 0.25) is 0 Å². The summed E-state index contributed by atoms with van der Waals surface area (Å²) < 4.78 is 0. The second-order valence-corrected chi connectivity index (χ2v) is 6.58. The molecule has 1 saturated carbocycles. The summed E-state index contributed by atoms with van der Waals surface area (Å²) in [5, 5.41) is 5.83. The van der Waals surface area contributed by atoms with Crippen molar-refractivity contribution in [3.8, 4) is 0 Å². The molecule has 0 saturated heterocycles. The summed E-state index contributed by atoms with van der Waals surface area (Å²) in [6.07, 6.45) is 5.75. The fourth-order valence-corrected chi connectivity index (χ4v) is 2.53. The molecule has 1 unspecified atom stereocenters.